The van der Waals surface area contributed by atoms with Crippen molar-refractivity contribution in [3.05, 3.63) is 19.6 Å². The van der Waals surface area contributed by atoms with Gasteiger partial charge in [0.25, 0.3) is 0 Å². The van der Waals surface area contributed by atoms with Gasteiger partial charge >= 0.3 is 0 Å². The fraction of sp³-hybridized carbons (Fsp3) is 0.400. The summed E-state index contributed by atoms with van der Waals surface area (Å²) >= 11 is 0. The molecule has 2 aromatic rings. The molecular weight excluding hydrogens is 238 g/mol. The van der Waals surface area contributed by atoms with E-state index in [1.807, 2.05) is 0 Å². The molecule has 1 aliphatic rings. The van der Waals surface area contributed by atoms with Gasteiger partial charge in [-0.25, -0.2) is 15.0 Å². The summed E-state index contributed by atoms with van der Waals surface area (Å²) in [7, 11) is 0. The lowest BCUT2D eigenvalue weighted by molar-refractivity contribution is -0.0249. The van der Waals surface area contributed by atoms with Crippen LogP contribution in [-0.4, -0.2) is 48.0 Å². The van der Waals surface area contributed by atoms with Crippen LogP contribution in [0.4, 0.5) is 5.82 Å². The fourth-order valence-electron chi connectivity index (χ4n) is 2.02. The van der Waals surface area contributed by atoms with Crippen molar-refractivity contribution in [2.75, 3.05) is 5.73 Å². The van der Waals surface area contributed by atoms with E-state index < -0.39 is 24.5 Å². The Morgan fingerprint density at radius 3 is 2.72 bits per heavy atom. The average molecular weight is 250 g/mol. The highest BCUT2D eigenvalue weighted by Crippen LogP contribution is 2.31. The van der Waals surface area contributed by atoms with Crippen LogP contribution in [0.1, 0.15) is 6.23 Å². The van der Waals surface area contributed by atoms with Gasteiger partial charge in [-0.1, -0.05) is 0 Å². The SMILES string of the molecule is [CH2]C1O[C@@H](n2cnc3c(N)ncnc32)[C@H](O)[C@@H]1O. The van der Waals surface area contributed by atoms with E-state index in [2.05, 4.69) is 21.9 Å². The minimum atomic E-state index is -1.10. The van der Waals surface area contributed by atoms with Gasteiger partial charge in [-0.15, -0.1) is 0 Å². The first kappa shape index (κ1) is 11.3. The topological polar surface area (TPSA) is 119 Å². The molecule has 0 aromatic carbocycles. The van der Waals surface area contributed by atoms with Crippen LogP contribution in [0.3, 0.4) is 0 Å². The summed E-state index contributed by atoms with van der Waals surface area (Å²) in [5.41, 5.74) is 6.53. The predicted molar refractivity (Wildman–Crippen MR) is 61.0 cm³/mol. The summed E-state index contributed by atoms with van der Waals surface area (Å²) < 4.78 is 6.90. The second kappa shape index (κ2) is 3.87. The number of nitrogen functional groups attached to an aromatic ring is 1. The number of aliphatic hydroxyl groups is 2. The van der Waals surface area contributed by atoms with Crippen molar-refractivity contribution in [3.63, 3.8) is 0 Å². The number of anilines is 1. The van der Waals surface area contributed by atoms with Gasteiger partial charge in [-0.3, -0.25) is 4.57 Å². The minimum absolute atomic E-state index is 0.248. The third kappa shape index (κ3) is 1.47. The monoisotopic (exact) mass is 250 g/mol. The van der Waals surface area contributed by atoms with Crippen LogP contribution in [0.15, 0.2) is 12.7 Å². The lowest BCUT2D eigenvalue weighted by Gasteiger charge is -2.16. The highest BCUT2D eigenvalue weighted by atomic mass is 16.6. The number of aromatic nitrogens is 4. The second-order valence-electron chi connectivity index (χ2n) is 4.13. The standard InChI is InChI=1S/C10H12N5O3/c1-4-6(16)7(17)10(18-4)15-3-14-5-8(11)12-2-13-9(5)15/h2-4,6-7,10,16-17H,1H2,(H2,11,12,13)/t4?,6-,7-,10-/m1/s1. The number of fused-ring (bicyclic) bond motifs is 1. The van der Waals surface area contributed by atoms with Gasteiger partial charge in [-0.05, 0) is 6.92 Å². The maximum Gasteiger partial charge on any atom is 0.167 e. The molecule has 0 bridgehead atoms. The first-order valence-electron chi connectivity index (χ1n) is 5.37. The third-order valence-corrected chi connectivity index (χ3v) is 3.00. The maximum atomic E-state index is 9.89. The number of hydrogen-bond donors (Lipinski definition) is 3. The maximum absolute atomic E-state index is 9.89. The lowest BCUT2D eigenvalue weighted by Crippen LogP contribution is -2.30. The molecule has 1 unspecified atom stereocenters. The summed E-state index contributed by atoms with van der Waals surface area (Å²) in [5, 5.41) is 19.5. The number of aliphatic hydroxyl groups excluding tert-OH is 2. The van der Waals surface area contributed by atoms with Crippen LogP contribution in [-0.2, 0) is 4.74 Å². The molecule has 0 amide bonds. The highest BCUT2D eigenvalue weighted by molar-refractivity contribution is 5.81. The van der Waals surface area contributed by atoms with Gasteiger partial charge in [0, 0.05) is 0 Å². The molecule has 8 heteroatoms. The van der Waals surface area contributed by atoms with Crippen LogP contribution < -0.4 is 5.73 Å². The van der Waals surface area contributed by atoms with Gasteiger partial charge in [0.05, 0.1) is 12.4 Å². The Bertz CT molecular complexity index is 586. The molecule has 1 aliphatic heterocycles. The van der Waals surface area contributed by atoms with E-state index in [4.69, 9.17) is 10.5 Å². The predicted octanol–water partition coefficient (Wildman–Crippen LogP) is -1.14. The number of hydrogen-bond acceptors (Lipinski definition) is 7. The van der Waals surface area contributed by atoms with Crippen LogP contribution in [0.25, 0.3) is 11.2 Å². The normalized spacial score (nSPS) is 32.2. The van der Waals surface area contributed by atoms with E-state index >= 15 is 0 Å². The molecule has 0 saturated carbocycles. The summed E-state index contributed by atoms with van der Waals surface area (Å²) in [6.45, 7) is 3.60. The Balaban J connectivity index is 2.08. The Kier molecular flexibility index (Phi) is 2.44. The van der Waals surface area contributed by atoms with Gasteiger partial charge in [0.2, 0.25) is 0 Å². The molecule has 2 aromatic heterocycles. The Labute approximate surface area is 102 Å². The molecule has 4 N–H and O–H groups in total. The molecule has 3 heterocycles. The lowest BCUT2D eigenvalue weighted by atomic mass is 10.1. The zero-order chi connectivity index (χ0) is 12.9. The van der Waals surface area contributed by atoms with Crippen molar-refractivity contribution >= 4 is 17.0 Å². The molecule has 1 saturated heterocycles. The zero-order valence-corrected chi connectivity index (χ0v) is 9.34. The smallest absolute Gasteiger partial charge is 0.167 e. The number of ether oxygens (including phenoxy) is 1. The van der Waals surface area contributed by atoms with Crippen molar-refractivity contribution in [2.45, 2.75) is 24.5 Å². The average Bonchev–Trinajstić information content (AvgIpc) is 2.88. The van der Waals surface area contributed by atoms with Gasteiger partial charge in [-0.2, -0.15) is 0 Å². The number of nitrogens with two attached hydrogens (primary N) is 1. The van der Waals surface area contributed by atoms with Crippen LogP contribution in [0.2, 0.25) is 0 Å². The third-order valence-electron chi connectivity index (χ3n) is 3.00. The van der Waals surface area contributed by atoms with E-state index in [1.54, 1.807) is 0 Å². The molecule has 8 nitrogen and oxygen atoms in total. The van der Waals surface area contributed by atoms with E-state index in [0.717, 1.165) is 0 Å². The number of imidazole rings is 1. The molecular formula is C10H12N5O3. The quantitative estimate of drug-likeness (QED) is 0.585. The van der Waals surface area contributed by atoms with Crippen molar-refractivity contribution < 1.29 is 14.9 Å². The van der Waals surface area contributed by atoms with Gasteiger partial charge in [0.15, 0.2) is 17.7 Å². The van der Waals surface area contributed by atoms with Crippen molar-refractivity contribution in [1.82, 2.24) is 19.5 Å². The molecule has 1 fully saturated rings. The number of nitrogens with zero attached hydrogens (tertiary/aromatic N) is 4. The minimum Gasteiger partial charge on any atom is -0.388 e. The van der Waals surface area contributed by atoms with E-state index in [1.165, 1.54) is 17.2 Å². The van der Waals surface area contributed by atoms with Crippen molar-refractivity contribution in [3.8, 4) is 0 Å². The van der Waals surface area contributed by atoms with Crippen LogP contribution in [0.5, 0.6) is 0 Å². The fourth-order valence-corrected chi connectivity index (χ4v) is 2.02. The molecule has 1 radical (unpaired) electrons. The summed E-state index contributed by atoms with van der Waals surface area (Å²) in [6.07, 6.45) is -0.903. The van der Waals surface area contributed by atoms with Crippen LogP contribution >= 0.6 is 0 Å². The molecule has 3 rings (SSSR count). The van der Waals surface area contributed by atoms with Crippen molar-refractivity contribution in [2.24, 2.45) is 0 Å². The Morgan fingerprint density at radius 2 is 2.06 bits per heavy atom. The van der Waals surface area contributed by atoms with E-state index in [9.17, 15) is 10.2 Å². The second-order valence-corrected chi connectivity index (χ2v) is 4.13. The van der Waals surface area contributed by atoms with Gasteiger partial charge in [0.1, 0.15) is 24.1 Å². The largest absolute Gasteiger partial charge is 0.388 e. The van der Waals surface area contributed by atoms with Gasteiger partial charge < -0.3 is 20.7 Å². The van der Waals surface area contributed by atoms with Crippen molar-refractivity contribution in [1.29, 1.82) is 0 Å². The first-order chi connectivity index (χ1) is 8.59. The molecule has 0 spiro atoms. The molecule has 0 aliphatic carbocycles. The van der Waals surface area contributed by atoms with Crippen LogP contribution in [0, 0.1) is 6.92 Å². The first-order valence-corrected chi connectivity index (χ1v) is 5.37. The van der Waals surface area contributed by atoms with E-state index in [0.29, 0.717) is 11.2 Å². The molecule has 18 heavy (non-hydrogen) atoms. The molecule has 95 valence electrons. The zero-order valence-electron chi connectivity index (χ0n) is 9.34. The summed E-state index contributed by atoms with van der Waals surface area (Å²) in [4.78, 5) is 11.9. The van der Waals surface area contributed by atoms with E-state index in [-0.39, 0.29) is 5.82 Å². The highest BCUT2D eigenvalue weighted by Gasteiger charge is 2.42. The molecule has 4 atom stereocenters. The Morgan fingerprint density at radius 1 is 1.28 bits per heavy atom. The summed E-state index contributed by atoms with van der Waals surface area (Å²) in [5.74, 6) is 0.248. The summed E-state index contributed by atoms with van der Waals surface area (Å²) in [6, 6.07) is 0. The Hall–Kier alpha value is -1.77. The number of rotatable bonds is 1.